The third kappa shape index (κ3) is 7.79. The maximum atomic E-state index is 14.0. The first-order chi connectivity index (χ1) is 24.0. The molecular formula is C36H36N6O5S2. The standard InChI is InChI=1S/C36H36N6O5S2/c1-45-26-13-7-12-25(20-26)35(44)37-22-32-38-39-36(41(32)18-17-24-10-5-4-6-11-24)49-23-33(43)42-29(21-28(40-42)31-16-9-19-48-31)27-14-8-15-30(46-2)34(27)47-3/h4-16,19-20,29H,17-18,21-23H2,1-3H3,(H,37,44)/t29-/m1/s1. The average Bonchev–Trinajstić information content (AvgIpc) is 3.92. The molecule has 0 bridgehead atoms. The van der Waals surface area contributed by atoms with Crippen LogP contribution >= 0.6 is 23.1 Å². The maximum absolute atomic E-state index is 14.0. The van der Waals surface area contributed by atoms with E-state index in [9.17, 15) is 9.59 Å². The summed E-state index contributed by atoms with van der Waals surface area (Å²) in [6.45, 7) is 0.719. The summed E-state index contributed by atoms with van der Waals surface area (Å²) in [6.07, 6.45) is 1.25. The summed E-state index contributed by atoms with van der Waals surface area (Å²) in [7, 11) is 4.75. The summed E-state index contributed by atoms with van der Waals surface area (Å²) in [5.41, 5.74) is 3.28. The van der Waals surface area contributed by atoms with Crippen molar-refractivity contribution in [3.63, 3.8) is 0 Å². The van der Waals surface area contributed by atoms with Crippen LogP contribution in [0.4, 0.5) is 0 Å². The van der Waals surface area contributed by atoms with Crippen molar-refractivity contribution in [1.29, 1.82) is 0 Å². The third-order valence-electron chi connectivity index (χ3n) is 8.09. The molecule has 0 unspecified atom stereocenters. The second-order valence-corrected chi connectivity index (χ2v) is 12.9. The number of carbonyl (C=O) groups excluding carboxylic acids is 2. The summed E-state index contributed by atoms with van der Waals surface area (Å²) in [5, 5.41) is 20.8. The Morgan fingerprint density at radius 3 is 2.53 bits per heavy atom. The molecule has 49 heavy (non-hydrogen) atoms. The van der Waals surface area contributed by atoms with Gasteiger partial charge in [-0.2, -0.15) is 5.10 Å². The summed E-state index contributed by atoms with van der Waals surface area (Å²) in [6, 6.07) is 26.3. The highest BCUT2D eigenvalue weighted by Crippen LogP contribution is 2.42. The van der Waals surface area contributed by atoms with Gasteiger partial charge in [0.1, 0.15) is 5.75 Å². The summed E-state index contributed by atoms with van der Waals surface area (Å²) >= 11 is 2.88. The fourth-order valence-electron chi connectivity index (χ4n) is 5.63. The van der Waals surface area contributed by atoms with E-state index >= 15 is 0 Å². The van der Waals surface area contributed by atoms with Crippen molar-refractivity contribution in [2.75, 3.05) is 27.1 Å². The molecule has 0 spiro atoms. The number of nitrogens with one attached hydrogen (secondary N) is 1. The van der Waals surface area contributed by atoms with Gasteiger partial charge in [-0.15, -0.1) is 21.5 Å². The fraction of sp³-hybridized carbons (Fsp3) is 0.250. The number of aryl methyl sites for hydroxylation is 1. The SMILES string of the molecule is COc1cccc(C(=O)NCc2nnc(SCC(=O)N3N=C(c4cccs4)C[C@@H]3c3cccc(OC)c3OC)n2CCc2ccccc2)c1. The molecule has 252 valence electrons. The van der Waals surface area contributed by atoms with Crippen molar-refractivity contribution < 1.29 is 23.8 Å². The van der Waals surface area contributed by atoms with Crippen molar-refractivity contribution in [2.45, 2.75) is 37.1 Å². The van der Waals surface area contributed by atoms with Crippen LogP contribution in [0, 0.1) is 0 Å². The number of aromatic nitrogens is 3. The van der Waals surface area contributed by atoms with Crippen LogP contribution in [-0.2, 0) is 24.3 Å². The highest BCUT2D eigenvalue weighted by Gasteiger charge is 2.36. The van der Waals surface area contributed by atoms with Crippen LogP contribution in [0.5, 0.6) is 17.2 Å². The Kier molecular flexibility index (Phi) is 10.9. The molecule has 5 aromatic rings. The molecule has 0 aliphatic carbocycles. The summed E-state index contributed by atoms with van der Waals surface area (Å²) in [5.74, 6) is 1.97. The van der Waals surface area contributed by atoms with Gasteiger partial charge >= 0.3 is 0 Å². The first-order valence-corrected chi connectivity index (χ1v) is 17.5. The molecule has 1 N–H and O–H groups in total. The zero-order chi connectivity index (χ0) is 34.2. The predicted octanol–water partition coefficient (Wildman–Crippen LogP) is 6.01. The van der Waals surface area contributed by atoms with Gasteiger partial charge in [0.15, 0.2) is 22.5 Å². The van der Waals surface area contributed by atoms with Gasteiger partial charge in [-0.25, -0.2) is 5.01 Å². The number of hydrogen-bond donors (Lipinski definition) is 1. The number of thiophene rings is 1. The van der Waals surface area contributed by atoms with E-state index in [1.807, 2.05) is 58.5 Å². The molecule has 1 aliphatic heterocycles. The largest absolute Gasteiger partial charge is 0.497 e. The lowest BCUT2D eigenvalue weighted by Crippen LogP contribution is -2.29. The molecule has 13 heteroatoms. The highest BCUT2D eigenvalue weighted by atomic mass is 32.2. The number of thioether (sulfide) groups is 1. The van der Waals surface area contributed by atoms with Crippen LogP contribution in [0.25, 0.3) is 0 Å². The van der Waals surface area contributed by atoms with Crippen LogP contribution < -0.4 is 19.5 Å². The smallest absolute Gasteiger partial charge is 0.253 e. The predicted molar refractivity (Wildman–Crippen MR) is 190 cm³/mol. The zero-order valence-corrected chi connectivity index (χ0v) is 29.0. The molecule has 3 heterocycles. The quantitative estimate of drug-likeness (QED) is 0.140. The Labute approximate surface area is 292 Å². The first-order valence-electron chi connectivity index (χ1n) is 15.6. The minimum atomic E-state index is -0.381. The summed E-state index contributed by atoms with van der Waals surface area (Å²) < 4.78 is 18.5. The van der Waals surface area contributed by atoms with Gasteiger partial charge in [0.2, 0.25) is 0 Å². The molecular weight excluding hydrogens is 661 g/mol. The van der Waals surface area contributed by atoms with Gasteiger partial charge in [-0.1, -0.05) is 66.4 Å². The Hall–Kier alpha value is -5.14. The molecule has 1 atom stereocenters. The van der Waals surface area contributed by atoms with Gasteiger partial charge in [-0.3, -0.25) is 9.59 Å². The normalized spacial score (nSPS) is 14.0. The lowest BCUT2D eigenvalue weighted by Gasteiger charge is -2.24. The molecule has 2 amide bonds. The van der Waals surface area contributed by atoms with Gasteiger partial charge in [0.25, 0.3) is 11.8 Å². The van der Waals surface area contributed by atoms with Crippen molar-refractivity contribution >= 4 is 40.6 Å². The number of hydrogen-bond acceptors (Lipinski definition) is 10. The van der Waals surface area contributed by atoms with Gasteiger partial charge in [0, 0.05) is 24.1 Å². The number of rotatable bonds is 14. The van der Waals surface area contributed by atoms with Crippen LogP contribution in [0.15, 0.2) is 101 Å². The lowest BCUT2D eigenvalue weighted by molar-refractivity contribution is -0.130. The molecule has 11 nitrogen and oxygen atoms in total. The van der Waals surface area contributed by atoms with E-state index in [1.54, 1.807) is 61.9 Å². The highest BCUT2D eigenvalue weighted by molar-refractivity contribution is 7.99. The summed E-state index contributed by atoms with van der Waals surface area (Å²) in [4.78, 5) is 28.0. The van der Waals surface area contributed by atoms with Gasteiger partial charge in [0.05, 0.1) is 50.3 Å². The second kappa shape index (κ2) is 15.8. The van der Waals surface area contributed by atoms with E-state index in [0.29, 0.717) is 46.8 Å². The van der Waals surface area contributed by atoms with Crippen molar-refractivity contribution in [1.82, 2.24) is 25.1 Å². The van der Waals surface area contributed by atoms with Crippen LogP contribution in [0.2, 0.25) is 0 Å². The topological polar surface area (TPSA) is 120 Å². The monoisotopic (exact) mass is 696 g/mol. The fourth-order valence-corrected chi connectivity index (χ4v) is 7.19. The van der Waals surface area contributed by atoms with E-state index in [2.05, 4.69) is 27.6 Å². The molecule has 3 aromatic carbocycles. The van der Waals surface area contributed by atoms with E-state index in [4.69, 9.17) is 19.3 Å². The molecule has 0 saturated carbocycles. The van der Waals surface area contributed by atoms with Crippen LogP contribution in [0.3, 0.4) is 0 Å². The molecule has 0 saturated heterocycles. The molecule has 6 rings (SSSR count). The number of nitrogens with zero attached hydrogens (tertiary/aromatic N) is 5. The second-order valence-electron chi connectivity index (χ2n) is 11.1. The average molecular weight is 697 g/mol. The van der Waals surface area contributed by atoms with E-state index in [0.717, 1.165) is 28.1 Å². The van der Waals surface area contributed by atoms with Crippen LogP contribution in [-0.4, -0.2) is 64.4 Å². The zero-order valence-electron chi connectivity index (χ0n) is 27.4. The number of ether oxygens (including phenoxy) is 3. The number of amides is 2. The maximum Gasteiger partial charge on any atom is 0.253 e. The number of methoxy groups -OCH3 is 3. The first kappa shape index (κ1) is 33.7. The third-order valence-corrected chi connectivity index (χ3v) is 9.96. The van der Waals surface area contributed by atoms with E-state index in [-0.39, 0.29) is 30.2 Å². The Morgan fingerprint density at radius 1 is 0.939 bits per heavy atom. The molecule has 0 radical (unpaired) electrons. The van der Waals surface area contributed by atoms with Gasteiger partial charge in [-0.05, 0) is 47.7 Å². The Balaban J connectivity index is 1.22. The lowest BCUT2D eigenvalue weighted by atomic mass is 9.99. The van der Waals surface area contributed by atoms with Gasteiger partial charge < -0.3 is 24.1 Å². The molecule has 1 aliphatic rings. The van der Waals surface area contributed by atoms with E-state index in [1.165, 1.54) is 11.8 Å². The number of para-hydroxylation sites is 1. The van der Waals surface area contributed by atoms with Crippen molar-refractivity contribution in [2.24, 2.45) is 5.10 Å². The molecule has 2 aromatic heterocycles. The Morgan fingerprint density at radius 2 is 1.78 bits per heavy atom. The number of benzene rings is 3. The molecule has 0 fully saturated rings. The minimum absolute atomic E-state index is 0.0731. The number of carbonyl (C=O) groups is 2. The minimum Gasteiger partial charge on any atom is -0.497 e. The Bertz CT molecular complexity index is 1930. The number of hydrazone groups is 1. The van der Waals surface area contributed by atoms with Crippen LogP contribution in [0.1, 0.15) is 44.6 Å². The van der Waals surface area contributed by atoms with Crippen molar-refractivity contribution in [3.8, 4) is 17.2 Å². The van der Waals surface area contributed by atoms with Crippen molar-refractivity contribution in [3.05, 3.63) is 118 Å². The van der Waals surface area contributed by atoms with E-state index < -0.39 is 0 Å².